The minimum Gasteiger partial charge on any atom is -0.472 e. The Balaban J connectivity index is 1.65. The molecule has 190 valence electrons. The number of benzene rings is 1. The molecule has 4 rings (SSSR count). The van der Waals surface area contributed by atoms with Crippen LogP contribution in [0.1, 0.15) is 45.8 Å². The van der Waals surface area contributed by atoms with Crippen LogP contribution in [0.4, 0.5) is 0 Å². The van der Waals surface area contributed by atoms with Crippen molar-refractivity contribution in [3.05, 3.63) is 89.4 Å². The van der Waals surface area contributed by atoms with Crippen molar-refractivity contribution in [2.24, 2.45) is 5.92 Å². The Hall–Kier alpha value is -4.22. The van der Waals surface area contributed by atoms with Gasteiger partial charge in [0.1, 0.15) is 17.4 Å². The molecule has 2 aromatic heterocycles. The van der Waals surface area contributed by atoms with Crippen LogP contribution >= 0.6 is 0 Å². The van der Waals surface area contributed by atoms with E-state index in [1.807, 2.05) is 37.3 Å². The highest BCUT2D eigenvalue weighted by Crippen LogP contribution is 2.27. The molecule has 1 aliphatic rings. The minimum absolute atomic E-state index is 0.149. The Kier molecular flexibility index (Phi) is 8.16. The Morgan fingerprint density at radius 2 is 1.89 bits per heavy atom. The average molecular weight is 499 g/mol. The molecule has 3 heterocycles. The lowest BCUT2D eigenvalue weighted by Gasteiger charge is -2.37. The molecule has 2 amide bonds. The summed E-state index contributed by atoms with van der Waals surface area (Å²) in [6.45, 7) is 4.18. The summed E-state index contributed by atoms with van der Waals surface area (Å²) in [6.07, 6.45) is 2.70. The first-order valence-corrected chi connectivity index (χ1v) is 12.2. The average Bonchev–Trinajstić information content (AvgIpc) is 2.94. The first kappa shape index (κ1) is 25.9. The number of fused-ring (bicyclic) bond motifs is 1. The molecule has 0 saturated carbocycles. The highest BCUT2D eigenvalue weighted by molar-refractivity contribution is 5.97. The second-order valence-electron chi connectivity index (χ2n) is 9.22. The topological polar surface area (TPSA) is 95.9 Å². The third kappa shape index (κ3) is 6.13. The first-order chi connectivity index (χ1) is 17.9. The van der Waals surface area contributed by atoms with Crippen LogP contribution in [0.2, 0.25) is 0 Å². The summed E-state index contributed by atoms with van der Waals surface area (Å²) in [6, 6.07) is 16.0. The van der Waals surface area contributed by atoms with Gasteiger partial charge in [-0.25, -0.2) is 4.98 Å². The lowest BCUT2D eigenvalue weighted by atomic mass is 9.99. The molecule has 0 aliphatic carbocycles. The maximum Gasteiger partial charge on any atom is 0.272 e. The normalized spacial score (nSPS) is 17.8. The smallest absolute Gasteiger partial charge is 0.272 e. The van der Waals surface area contributed by atoms with Gasteiger partial charge in [0, 0.05) is 43.0 Å². The molecule has 0 fully saturated rings. The predicted octanol–water partition coefficient (Wildman–Crippen LogP) is 2.87. The SMILES string of the molecule is C[C@@H]1CN([C@@H](C)CO)C(=O)c2cc(C#Cc3ccccc3)cnc2O[C@@H]1CN(C)C(=O)c1ccccn1. The highest BCUT2D eigenvalue weighted by Gasteiger charge is 2.34. The van der Waals surface area contributed by atoms with Crippen LogP contribution in [0, 0.1) is 17.8 Å². The monoisotopic (exact) mass is 498 g/mol. The van der Waals surface area contributed by atoms with Crippen LogP contribution in [0.5, 0.6) is 5.88 Å². The van der Waals surface area contributed by atoms with E-state index in [9.17, 15) is 14.7 Å². The van der Waals surface area contributed by atoms with Crippen LogP contribution in [0.15, 0.2) is 67.0 Å². The minimum atomic E-state index is -0.452. The van der Waals surface area contributed by atoms with E-state index in [-0.39, 0.29) is 42.3 Å². The molecule has 0 saturated heterocycles. The van der Waals surface area contributed by atoms with Crippen molar-refractivity contribution >= 4 is 11.8 Å². The number of pyridine rings is 2. The van der Waals surface area contributed by atoms with Gasteiger partial charge >= 0.3 is 0 Å². The Bertz CT molecular complexity index is 1300. The number of carbonyl (C=O) groups excluding carboxylic acids is 2. The van der Waals surface area contributed by atoms with E-state index < -0.39 is 12.1 Å². The van der Waals surface area contributed by atoms with E-state index in [0.29, 0.717) is 17.8 Å². The molecule has 1 aromatic carbocycles. The number of amides is 2. The lowest BCUT2D eigenvalue weighted by molar-refractivity contribution is 0.0312. The fourth-order valence-electron chi connectivity index (χ4n) is 4.09. The zero-order chi connectivity index (χ0) is 26.4. The van der Waals surface area contributed by atoms with Crippen LogP contribution in [0.3, 0.4) is 0 Å². The molecule has 1 N–H and O–H groups in total. The van der Waals surface area contributed by atoms with Crippen molar-refractivity contribution in [2.75, 3.05) is 26.7 Å². The molecule has 37 heavy (non-hydrogen) atoms. The number of ether oxygens (including phenoxy) is 1. The number of carbonyl (C=O) groups is 2. The molecular formula is C29H30N4O4. The Morgan fingerprint density at radius 3 is 2.59 bits per heavy atom. The van der Waals surface area contributed by atoms with Crippen molar-refractivity contribution in [3.8, 4) is 17.7 Å². The van der Waals surface area contributed by atoms with Crippen molar-refractivity contribution in [2.45, 2.75) is 26.0 Å². The lowest BCUT2D eigenvalue weighted by Crippen LogP contribution is -2.50. The zero-order valence-electron chi connectivity index (χ0n) is 21.2. The second kappa shape index (κ2) is 11.7. The van der Waals surface area contributed by atoms with Crippen LogP contribution < -0.4 is 4.74 Å². The third-order valence-electron chi connectivity index (χ3n) is 6.33. The van der Waals surface area contributed by atoms with Gasteiger partial charge in [0.25, 0.3) is 11.8 Å². The molecule has 3 aromatic rings. The number of likely N-dealkylation sites (N-methyl/N-ethyl adjacent to an activating group) is 1. The summed E-state index contributed by atoms with van der Waals surface area (Å²) >= 11 is 0. The van der Waals surface area contributed by atoms with Gasteiger partial charge in [-0.15, -0.1) is 0 Å². The van der Waals surface area contributed by atoms with Crippen molar-refractivity contribution in [3.63, 3.8) is 0 Å². The number of hydrogen-bond donors (Lipinski definition) is 1. The highest BCUT2D eigenvalue weighted by atomic mass is 16.5. The molecular weight excluding hydrogens is 468 g/mol. The molecule has 0 spiro atoms. The van der Waals surface area contributed by atoms with E-state index in [1.54, 1.807) is 60.4 Å². The summed E-state index contributed by atoms with van der Waals surface area (Å²) in [7, 11) is 1.70. The van der Waals surface area contributed by atoms with E-state index in [1.165, 1.54) is 0 Å². The predicted molar refractivity (Wildman–Crippen MR) is 139 cm³/mol. The standard InChI is InChI=1S/C29H30N4O4/c1-20-17-33(21(2)19-34)28(35)24-15-23(13-12-22-9-5-4-6-10-22)16-31-27(24)37-26(20)18-32(3)29(36)25-11-7-8-14-30-25/h4-11,14-16,20-21,26,34H,17-19H2,1-3H3/t20-,21+,26-/m1/s1. The maximum atomic E-state index is 13.6. The number of aliphatic hydroxyl groups excluding tert-OH is 1. The molecule has 0 radical (unpaired) electrons. The number of hydrogen-bond acceptors (Lipinski definition) is 6. The van der Waals surface area contributed by atoms with E-state index in [0.717, 1.165) is 5.56 Å². The maximum absolute atomic E-state index is 13.6. The van der Waals surface area contributed by atoms with Gasteiger partial charge in [0.2, 0.25) is 5.88 Å². The quantitative estimate of drug-likeness (QED) is 0.544. The molecule has 0 bridgehead atoms. The van der Waals surface area contributed by atoms with Crippen molar-refractivity contribution < 1.29 is 19.4 Å². The molecule has 0 unspecified atom stereocenters. The van der Waals surface area contributed by atoms with Gasteiger partial charge < -0.3 is 19.6 Å². The van der Waals surface area contributed by atoms with Gasteiger partial charge in [0.15, 0.2) is 0 Å². The van der Waals surface area contributed by atoms with Gasteiger partial charge in [-0.3, -0.25) is 14.6 Å². The number of aliphatic hydroxyl groups is 1. The molecule has 1 aliphatic heterocycles. The number of aromatic nitrogens is 2. The van der Waals surface area contributed by atoms with Crippen molar-refractivity contribution in [1.29, 1.82) is 0 Å². The molecule has 8 heteroatoms. The summed E-state index contributed by atoms with van der Waals surface area (Å²) in [5, 5.41) is 9.85. The van der Waals surface area contributed by atoms with Crippen LogP contribution in [-0.2, 0) is 0 Å². The first-order valence-electron chi connectivity index (χ1n) is 12.2. The van der Waals surface area contributed by atoms with Gasteiger partial charge in [-0.1, -0.05) is 43.0 Å². The van der Waals surface area contributed by atoms with Crippen molar-refractivity contribution in [1.82, 2.24) is 19.8 Å². The van der Waals surface area contributed by atoms with Gasteiger partial charge in [0.05, 0.1) is 19.2 Å². The fraction of sp³-hybridized carbons (Fsp3) is 0.310. The summed E-state index contributed by atoms with van der Waals surface area (Å²) in [5.74, 6) is 5.67. The fourth-order valence-corrected chi connectivity index (χ4v) is 4.09. The zero-order valence-corrected chi connectivity index (χ0v) is 21.2. The molecule has 8 nitrogen and oxygen atoms in total. The summed E-state index contributed by atoms with van der Waals surface area (Å²) in [4.78, 5) is 38.3. The van der Waals surface area contributed by atoms with Gasteiger partial charge in [-0.2, -0.15) is 0 Å². The summed E-state index contributed by atoms with van der Waals surface area (Å²) in [5.41, 5.74) is 2.04. The van der Waals surface area contributed by atoms with Gasteiger partial charge in [-0.05, 0) is 37.3 Å². The van der Waals surface area contributed by atoms with E-state index >= 15 is 0 Å². The number of nitrogens with zero attached hydrogens (tertiary/aromatic N) is 4. The van der Waals surface area contributed by atoms with E-state index in [2.05, 4.69) is 21.8 Å². The Morgan fingerprint density at radius 1 is 1.16 bits per heavy atom. The van der Waals surface area contributed by atoms with E-state index in [4.69, 9.17) is 4.74 Å². The van der Waals surface area contributed by atoms with Crippen LogP contribution in [0.25, 0.3) is 0 Å². The largest absolute Gasteiger partial charge is 0.472 e. The van der Waals surface area contributed by atoms with Crippen LogP contribution in [-0.4, -0.2) is 75.6 Å². The Labute approximate surface area is 216 Å². The third-order valence-corrected chi connectivity index (χ3v) is 6.33. The molecule has 3 atom stereocenters. The number of rotatable bonds is 5. The summed E-state index contributed by atoms with van der Waals surface area (Å²) < 4.78 is 6.27. The second-order valence-corrected chi connectivity index (χ2v) is 9.22.